The predicted molar refractivity (Wildman–Crippen MR) is 73.9 cm³/mol. The third-order valence-electron chi connectivity index (χ3n) is 2.38. The smallest absolute Gasteiger partial charge is 0.243 e. The van der Waals surface area contributed by atoms with Crippen LogP contribution in [-0.4, -0.2) is 15.0 Å². The zero-order chi connectivity index (χ0) is 14.8. The molecule has 0 radical (unpaired) electrons. The quantitative estimate of drug-likeness (QED) is 0.896. The van der Waals surface area contributed by atoms with Gasteiger partial charge in [0, 0.05) is 23.7 Å². The molecule has 0 saturated heterocycles. The van der Waals surface area contributed by atoms with Crippen molar-refractivity contribution >= 4 is 21.6 Å². The summed E-state index contributed by atoms with van der Waals surface area (Å²) in [7, 11) is -3.94. The summed E-state index contributed by atoms with van der Waals surface area (Å²) in [6.07, 6.45) is 0. The third kappa shape index (κ3) is 4.42. The van der Waals surface area contributed by atoms with Crippen LogP contribution < -0.4 is 10.5 Å². The van der Waals surface area contributed by atoms with Crippen LogP contribution in [0, 0.1) is 11.2 Å². The van der Waals surface area contributed by atoms with E-state index in [1.54, 1.807) is 0 Å². The van der Waals surface area contributed by atoms with Crippen molar-refractivity contribution in [1.82, 2.24) is 4.72 Å². The molecule has 0 unspecified atom stereocenters. The maximum absolute atomic E-state index is 14.0. The van der Waals surface area contributed by atoms with E-state index in [0.29, 0.717) is 0 Å². The van der Waals surface area contributed by atoms with Gasteiger partial charge in [0.05, 0.1) is 0 Å². The van der Waals surface area contributed by atoms with Crippen molar-refractivity contribution in [3.63, 3.8) is 0 Å². The third-order valence-corrected chi connectivity index (χ3v) is 4.00. The molecule has 0 spiro atoms. The molecule has 0 aliphatic heterocycles. The van der Waals surface area contributed by atoms with Gasteiger partial charge in [-0.1, -0.05) is 32.4 Å². The molecule has 0 aliphatic carbocycles. The van der Waals surface area contributed by atoms with Gasteiger partial charge in [-0.2, -0.15) is 0 Å². The molecule has 108 valence electrons. The van der Waals surface area contributed by atoms with E-state index in [4.69, 9.17) is 17.3 Å². The Labute approximate surface area is 118 Å². The van der Waals surface area contributed by atoms with Crippen molar-refractivity contribution in [1.29, 1.82) is 0 Å². The van der Waals surface area contributed by atoms with Gasteiger partial charge in [-0.3, -0.25) is 0 Å². The van der Waals surface area contributed by atoms with E-state index in [9.17, 15) is 12.8 Å². The second-order valence-corrected chi connectivity index (χ2v) is 7.64. The molecule has 1 aromatic rings. The Morgan fingerprint density at radius 3 is 2.42 bits per heavy atom. The van der Waals surface area contributed by atoms with E-state index in [1.807, 2.05) is 20.8 Å². The Bertz CT molecular complexity index is 568. The summed E-state index contributed by atoms with van der Waals surface area (Å²) in [4.78, 5) is -0.468. The van der Waals surface area contributed by atoms with Crippen LogP contribution >= 0.6 is 11.6 Å². The first kappa shape index (κ1) is 16.4. The summed E-state index contributed by atoms with van der Waals surface area (Å²) in [5.74, 6) is -0.853. The zero-order valence-corrected chi connectivity index (χ0v) is 12.7. The van der Waals surface area contributed by atoms with E-state index < -0.39 is 20.7 Å². The van der Waals surface area contributed by atoms with Gasteiger partial charge >= 0.3 is 0 Å². The number of nitrogens with two attached hydrogens (primary N) is 1. The fourth-order valence-electron chi connectivity index (χ4n) is 1.35. The van der Waals surface area contributed by atoms with Gasteiger partial charge in [0.2, 0.25) is 10.0 Å². The van der Waals surface area contributed by atoms with Crippen LogP contribution in [-0.2, 0) is 16.6 Å². The highest BCUT2D eigenvalue weighted by Crippen LogP contribution is 2.24. The second-order valence-electron chi connectivity index (χ2n) is 5.47. The summed E-state index contributed by atoms with van der Waals surface area (Å²) in [6, 6.07) is 2.40. The molecule has 0 atom stereocenters. The minimum Gasteiger partial charge on any atom is -0.326 e. The van der Waals surface area contributed by atoms with Crippen molar-refractivity contribution in [3.05, 3.63) is 28.5 Å². The fourth-order valence-corrected chi connectivity index (χ4v) is 3.08. The summed E-state index contributed by atoms with van der Waals surface area (Å²) >= 11 is 5.78. The maximum Gasteiger partial charge on any atom is 0.243 e. The van der Waals surface area contributed by atoms with Crippen LogP contribution in [0.15, 0.2) is 17.0 Å². The molecule has 1 rings (SSSR count). The highest BCUT2D eigenvalue weighted by Gasteiger charge is 2.24. The number of hydrogen-bond donors (Lipinski definition) is 2. The Morgan fingerprint density at radius 2 is 1.95 bits per heavy atom. The van der Waals surface area contributed by atoms with Gasteiger partial charge in [-0.15, -0.1) is 0 Å². The second kappa shape index (κ2) is 5.75. The Kier molecular flexibility index (Phi) is 4.95. The van der Waals surface area contributed by atoms with Gasteiger partial charge in [0.15, 0.2) is 0 Å². The Hall–Kier alpha value is -0.690. The lowest BCUT2D eigenvalue weighted by molar-refractivity contribution is 0.407. The van der Waals surface area contributed by atoms with Crippen molar-refractivity contribution in [2.75, 3.05) is 6.54 Å². The Morgan fingerprint density at radius 1 is 1.37 bits per heavy atom. The highest BCUT2D eigenvalue weighted by atomic mass is 35.5. The molecule has 4 nitrogen and oxygen atoms in total. The largest absolute Gasteiger partial charge is 0.326 e. The first-order chi connectivity index (χ1) is 8.57. The minimum atomic E-state index is -3.94. The highest BCUT2D eigenvalue weighted by molar-refractivity contribution is 7.89. The number of halogens is 2. The first-order valence-corrected chi connectivity index (χ1v) is 7.60. The summed E-state index contributed by atoms with van der Waals surface area (Å²) < 4.78 is 40.5. The van der Waals surface area contributed by atoms with Crippen LogP contribution in [0.1, 0.15) is 26.3 Å². The van der Waals surface area contributed by atoms with Crippen molar-refractivity contribution in [2.24, 2.45) is 11.1 Å². The topological polar surface area (TPSA) is 72.2 Å². The van der Waals surface area contributed by atoms with E-state index >= 15 is 0 Å². The molecule has 0 amide bonds. The molecule has 19 heavy (non-hydrogen) atoms. The molecule has 1 aromatic carbocycles. The molecule has 0 bridgehead atoms. The summed E-state index contributed by atoms with van der Waals surface area (Å²) in [5, 5.41) is 0.137. The van der Waals surface area contributed by atoms with Gasteiger partial charge in [-0.25, -0.2) is 17.5 Å². The minimum absolute atomic E-state index is 0.0728. The SMILES string of the molecule is CC(C)(C)CNS(=O)(=O)c1cc(Cl)cc(CN)c1F. The van der Waals surface area contributed by atoms with E-state index in [2.05, 4.69) is 4.72 Å². The number of sulfonamides is 1. The lowest BCUT2D eigenvalue weighted by Gasteiger charge is -2.19. The zero-order valence-electron chi connectivity index (χ0n) is 11.1. The lowest BCUT2D eigenvalue weighted by Crippen LogP contribution is -2.33. The van der Waals surface area contributed by atoms with Crippen LogP contribution in [0.5, 0.6) is 0 Å². The van der Waals surface area contributed by atoms with E-state index in [-0.39, 0.29) is 29.1 Å². The van der Waals surface area contributed by atoms with Gasteiger partial charge < -0.3 is 5.73 Å². The van der Waals surface area contributed by atoms with Gasteiger partial charge in [-0.05, 0) is 17.5 Å². The van der Waals surface area contributed by atoms with Gasteiger partial charge in [0.1, 0.15) is 10.7 Å². The number of hydrogen-bond acceptors (Lipinski definition) is 3. The molecule has 3 N–H and O–H groups in total. The lowest BCUT2D eigenvalue weighted by atomic mass is 9.98. The fraction of sp³-hybridized carbons (Fsp3) is 0.500. The van der Waals surface area contributed by atoms with Crippen LogP contribution in [0.2, 0.25) is 5.02 Å². The van der Waals surface area contributed by atoms with Crippen LogP contribution in [0.25, 0.3) is 0 Å². The number of benzene rings is 1. The molecule has 7 heteroatoms. The summed E-state index contributed by atoms with van der Waals surface area (Å²) in [5.41, 5.74) is 5.18. The number of nitrogens with one attached hydrogen (secondary N) is 1. The summed E-state index contributed by atoms with van der Waals surface area (Å²) in [6.45, 7) is 5.69. The molecular weight excluding hydrogens is 291 g/mol. The van der Waals surface area contributed by atoms with Crippen molar-refractivity contribution < 1.29 is 12.8 Å². The van der Waals surface area contributed by atoms with E-state index in [1.165, 1.54) is 6.07 Å². The monoisotopic (exact) mass is 308 g/mol. The normalized spacial score (nSPS) is 12.7. The number of rotatable bonds is 4. The molecule has 0 saturated carbocycles. The van der Waals surface area contributed by atoms with Crippen LogP contribution in [0.3, 0.4) is 0 Å². The van der Waals surface area contributed by atoms with Crippen molar-refractivity contribution in [2.45, 2.75) is 32.2 Å². The molecule has 0 aliphatic rings. The maximum atomic E-state index is 14.0. The Balaban J connectivity index is 3.18. The molecule has 0 aromatic heterocycles. The average Bonchev–Trinajstić information content (AvgIpc) is 2.28. The predicted octanol–water partition coefficient (Wildman–Crippen LogP) is 2.26. The van der Waals surface area contributed by atoms with Crippen molar-refractivity contribution in [3.8, 4) is 0 Å². The van der Waals surface area contributed by atoms with Gasteiger partial charge in [0.25, 0.3) is 0 Å². The standard InChI is InChI=1S/C12H18ClFN2O2S/c1-12(2,3)7-16-19(17,18)10-5-9(13)4-8(6-15)11(10)14/h4-5,16H,6-7,15H2,1-3H3. The van der Waals surface area contributed by atoms with Crippen LogP contribution in [0.4, 0.5) is 4.39 Å². The first-order valence-electron chi connectivity index (χ1n) is 5.74. The molecule has 0 heterocycles. The molecule has 0 fully saturated rings. The van der Waals surface area contributed by atoms with E-state index in [0.717, 1.165) is 6.07 Å². The molecular formula is C12H18ClFN2O2S. The average molecular weight is 309 g/mol.